The molecule has 0 bridgehead atoms. The molecule has 0 saturated heterocycles. The van der Waals surface area contributed by atoms with Crippen molar-refractivity contribution in [3.63, 3.8) is 0 Å². The third kappa shape index (κ3) is 6.31. The Labute approximate surface area is 435 Å². The van der Waals surface area contributed by atoms with E-state index in [9.17, 15) is 0 Å². The van der Waals surface area contributed by atoms with Crippen molar-refractivity contribution in [2.75, 3.05) is 0 Å². The standard InChI is InChI=1S/C70H41N3O3/c1-3-15-47(16-4-1)70(48-17-5-2-6-18-48)57-24-10-7-19-49(57)50-36-33-45(40-58(50)70)43-31-29-42(30-32-43)44-35-38-61-56(39-44)66-55(23-14-28-63(66)75-61)69-72-67(46-34-37-52-51-20-8-11-25-59(51)76-64(52)41-46)71-68(73-69)54-22-13-27-62-65(54)53-21-9-12-26-60(53)74-62/h1-41H. The first-order chi connectivity index (χ1) is 37.6. The van der Waals surface area contributed by atoms with Gasteiger partial charge in [0.05, 0.1) is 5.41 Å². The molecular formula is C70H41N3O3. The maximum Gasteiger partial charge on any atom is 0.164 e. The van der Waals surface area contributed by atoms with Crippen molar-refractivity contribution < 1.29 is 13.3 Å². The van der Waals surface area contributed by atoms with Gasteiger partial charge in [0.15, 0.2) is 17.5 Å². The average Bonchev–Trinajstić information content (AvgIpc) is 4.37. The zero-order valence-electron chi connectivity index (χ0n) is 40.7. The maximum absolute atomic E-state index is 6.63. The molecule has 76 heavy (non-hydrogen) atoms. The van der Waals surface area contributed by atoms with E-state index >= 15 is 0 Å². The lowest BCUT2D eigenvalue weighted by atomic mass is 9.67. The lowest BCUT2D eigenvalue weighted by Gasteiger charge is -2.34. The van der Waals surface area contributed by atoms with Crippen molar-refractivity contribution in [2.24, 2.45) is 0 Å². The van der Waals surface area contributed by atoms with Gasteiger partial charge >= 0.3 is 0 Å². The fourth-order valence-corrected chi connectivity index (χ4v) is 12.2. The molecule has 0 atom stereocenters. The predicted molar refractivity (Wildman–Crippen MR) is 306 cm³/mol. The molecule has 0 unspecified atom stereocenters. The van der Waals surface area contributed by atoms with E-state index in [1.54, 1.807) is 0 Å². The summed E-state index contributed by atoms with van der Waals surface area (Å²) in [6.45, 7) is 0. The Balaban J connectivity index is 0.822. The van der Waals surface area contributed by atoms with Crippen LogP contribution in [0.25, 0.3) is 133 Å². The van der Waals surface area contributed by atoms with Crippen LogP contribution in [0.3, 0.4) is 0 Å². The van der Waals surface area contributed by atoms with E-state index in [4.69, 9.17) is 28.2 Å². The van der Waals surface area contributed by atoms with E-state index in [1.807, 2.05) is 66.7 Å². The number of aromatic nitrogens is 3. The lowest BCUT2D eigenvalue weighted by Crippen LogP contribution is -2.28. The Morgan fingerprint density at radius 3 is 1.41 bits per heavy atom. The number of para-hydroxylation sites is 2. The van der Waals surface area contributed by atoms with Crippen LogP contribution in [0.15, 0.2) is 262 Å². The summed E-state index contributed by atoms with van der Waals surface area (Å²) in [5.74, 6) is 1.58. The molecule has 0 spiro atoms. The summed E-state index contributed by atoms with van der Waals surface area (Å²) in [5, 5.41) is 5.94. The number of hydrogen-bond acceptors (Lipinski definition) is 6. The first-order valence-electron chi connectivity index (χ1n) is 25.6. The molecule has 6 nitrogen and oxygen atoms in total. The van der Waals surface area contributed by atoms with E-state index < -0.39 is 5.41 Å². The smallest absolute Gasteiger partial charge is 0.164 e. The highest BCUT2D eigenvalue weighted by Gasteiger charge is 2.46. The summed E-state index contributed by atoms with van der Waals surface area (Å²) in [4.78, 5) is 15.9. The van der Waals surface area contributed by atoms with Crippen LogP contribution >= 0.6 is 0 Å². The second-order valence-corrected chi connectivity index (χ2v) is 19.7. The van der Waals surface area contributed by atoms with Gasteiger partial charge < -0.3 is 13.3 Å². The lowest BCUT2D eigenvalue weighted by molar-refractivity contribution is 0.668. The Bertz CT molecular complexity index is 4780. The molecule has 4 heterocycles. The van der Waals surface area contributed by atoms with Gasteiger partial charge in [-0.1, -0.05) is 194 Å². The number of rotatable bonds is 7. The second kappa shape index (κ2) is 16.4. The normalized spacial score (nSPS) is 12.8. The fourth-order valence-electron chi connectivity index (χ4n) is 12.2. The summed E-state index contributed by atoms with van der Waals surface area (Å²) < 4.78 is 19.4. The Hall–Kier alpha value is -10.2. The van der Waals surface area contributed by atoms with Crippen LogP contribution in [0.4, 0.5) is 0 Å². The van der Waals surface area contributed by atoms with Gasteiger partial charge in [0.25, 0.3) is 0 Å². The minimum Gasteiger partial charge on any atom is -0.456 e. The number of fused-ring (bicyclic) bond motifs is 12. The van der Waals surface area contributed by atoms with Crippen LogP contribution in [-0.2, 0) is 5.41 Å². The molecule has 1 aliphatic rings. The van der Waals surface area contributed by atoms with Crippen LogP contribution in [0.5, 0.6) is 0 Å². The quantitative estimate of drug-likeness (QED) is 0.158. The molecule has 11 aromatic carbocycles. The zero-order chi connectivity index (χ0) is 49.9. The van der Waals surface area contributed by atoms with Crippen molar-refractivity contribution in [1.29, 1.82) is 0 Å². The monoisotopic (exact) mass is 971 g/mol. The third-order valence-corrected chi connectivity index (χ3v) is 15.7. The first kappa shape index (κ1) is 42.3. The van der Waals surface area contributed by atoms with Crippen LogP contribution in [0, 0.1) is 0 Å². The van der Waals surface area contributed by atoms with E-state index in [0.29, 0.717) is 17.5 Å². The Kier molecular flexibility index (Phi) is 9.15. The Morgan fingerprint density at radius 2 is 0.711 bits per heavy atom. The van der Waals surface area contributed by atoms with Crippen LogP contribution in [0.2, 0.25) is 0 Å². The highest BCUT2D eigenvalue weighted by Crippen LogP contribution is 2.57. The number of hydrogen-bond donors (Lipinski definition) is 0. The van der Waals surface area contributed by atoms with Gasteiger partial charge in [-0.05, 0) is 110 Å². The highest BCUT2D eigenvalue weighted by atomic mass is 16.3. The highest BCUT2D eigenvalue weighted by molar-refractivity contribution is 6.14. The molecule has 0 amide bonds. The molecule has 6 heteroatoms. The molecule has 0 N–H and O–H groups in total. The molecule has 0 fully saturated rings. The molecule has 16 rings (SSSR count). The minimum atomic E-state index is -0.469. The van der Waals surface area contributed by atoms with Crippen molar-refractivity contribution in [2.45, 2.75) is 5.41 Å². The molecule has 0 saturated carbocycles. The minimum absolute atomic E-state index is 0.469. The van der Waals surface area contributed by atoms with Crippen molar-refractivity contribution in [1.82, 2.24) is 15.0 Å². The van der Waals surface area contributed by atoms with E-state index in [1.165, 1.54) is 38.9 Å². The SMILES string of the molecule is c1ccc(C2(c3ccccc3)c3ccccc3-c3ccc(-c4ccc(-c5ccc6oc7cccc(-c8nc(-c9ccc%10c(c9)oc9ccccc9%10)nc(-c9cccc%10oc%11ccccc%11c9%10)n8)c7c6c5)cc4)cc32)cc1. The maximum atomic E-state index is 6.63. The van der Waals surface area contributed by atoms with Gasteiger partial charge in [-0.25, -0.2) is 15.0 Å². The van der Waals surface area contributed by atoms with E-state index in [0.717, 1.165) is 99.2 Å². The van der Waals surface area contributed by atoms with Gasteiger partial charge in [0.1, 0.15) is 33.5 Å². The molecule has 15 aromatic rings. The number of benzene rings is 11. The second-order valence-electron chi connectivity index (χ2n) is 19.7. The molecular weight excluding hydrogens is 931 g/mol. The van der Waals surface area contributed by atoms with Crippen molar-refractivity contribution in [3.8, 4) is 67.5 Å². The summed E-state index contributed by atoms with van der Waals surface area (Å²) in [7, 11) is 0. The largest absolute Gasteiger partial charge is 0.456 e. The van der Waals surface area contributed by atoms with Crippen LogP contribution < -0.4 is 0 Å². The van der Waals surface area contributed by atoms with Crippen LogP contribution in [0.1, 0.15) is 22.3 Å². The fraction of sp³-hybridized carbons (Fsp3) is 0.0143. The summed E-state index contributed by atoms with van der Waals surface area (Å²) in [6.07, 6.45) is 0. The molecule has 0 radical (unpaired) electrons. The van der Waals surface area contributed by atoms with Gasteiger partial charge in [0.2, 0.25) is 0 Å². The predicted octanol–water partition coefficient (Wildman–Crippen LogP) is 18.3. The third-order valence-electron chi connectivity index (χ3n) is 15.7. The number of nitrogens with zero attached hydrogens (tertiary/aromatic N) is 3. The number of furan rings is 3. The van der Waals surface area contributed by atoms with Gasteiger partial charge in [-0.3, -0.25) is 0 Å². The van der Waals surface area contributed by atoms with Gasteiger partial charge in [-0.2, -0.15) is 0 Å². The van der Waals surface area contributed by atoms with Gasteiger partial charge in [-0.15, -0.1) is 0 Å². The molecule has 0 aliphatic heterocycles. The van der Waals surface area contributed by atoms with Crippen LogP contribution in [-0.4, -0.2) is 15.0 Å². The Morgan fingerprint density at radius 1 is 0.250 bits per heavy atom. The van der Waals surface area contributed by atoms with Crippen molar-refractivity contribution in [3.05, 3.63) is 271 Å². The zero-order valence-corrected chi connectivity index (χ0v) is 40.7. The summed E-state index contributed by atoms with van der Waals surface area (Å²) in [5.41, 5.74) is 18.8. The summed E-state index contributed by atoms with van der Waals surface area (Å²) >= 11 is 0. The summed E-state index contributed by atoms with van der Waals surface area (Å²) in [6, 6.07) is 87.8. The first-order valence-corrected chi connectivity index (χ1v) is 25.6. The average molecular weight is 972 g/mol. The topological polar surface area (TPSA) is 78.1 Å². The molecule has 354 valence electrons. The van der Waals surface area contributed by atoms with E-state index in [-0.39, 0.29) is 0 Å². The van der Waals surface area contributed by atoms with Crippen molar-refractivity contribution >= 4 is 65.8 Å². The molecule has 4 aromatic heterocycles. The van der Waals surface area contributed by atoms with E-state index in [2.05, 4.69) is 182 Å². The van der Waals surface area contributed by atoms with Gasteiger partial charge in [0, 0.05) is 49.0 Å². The molecule has 1 aliphatic carbocycles.